The minimum absolute atomic E-state index is 0.0991. The van der Waals surface area contributed by atoms with Crippen molar-refractivity contribution in [1.29, 1.82) is 0 Å². The van der Waals surface area contributed by atoms with E-state index in [2.05, 4.69) is 12.2 Å². The molecule has 3 nitrogen and oxygen atoms in total. The monoisotopic (exact) mass is 201 g/mol. The number of thioether (sulfide) groups is 1. The molecule has 1 unspecified atom stereocenters. The van der Waals surface area contributed by atoms with Crippen LogP contribution in [0.1, 0.15) is 19.8 Å². The van der Waals surface area contributed by atoms with E-state index in [9.17, 15) is 4.79 Å². The summed E-state index contributed by atoms with van der Waals surface area (Å²) in [6.45, 7) is 2.64. The van der Waals surface area contributed by atoms with Crippen molar-refractivity contribution in [3.8, 4) is 0 Å². The van der Waals surface area contributed by atoms with Gasteiger partial charge in [-0.25, -0.2) is 4.79 Å². The Bertz CT molecular complexity index is 216. The van der Waals surface area contributed by atoms with E-state index in [1.54, 1.807) is 0 Å². The Morgan fingerprint density at radius 3 is 2.77 bits per heavy atom. The lowest BCUT2D eigenvalue weighted by atomic mass is 9.83. The highest BCUT2D eigenvalue weighted by molar-refractivity contribution is 7.99. The molecule has 0 aromatic carbocycles. The lowest BCUT2D eigenvalue weighted by molar-refractivity contribution is 0.162. The second-order valence-electron chi connectivity index (χ2n) is 4.01. The Labute approximate surface area is 82.6 Å². The van der Waals surface area contributed by atoms with Crippen LogP contribution < -0.4 is 5.32 Å². The minimum atomic E-state index is -0.249. The number of alkyl carbamates (subject to hydrolysis) is 1. The average Bonchev–Trinajstić information content (AvgIpc) is 2.49. The lowest BCUT2D eigenvalue weighted by Crippen LogP contribution is -2.48. The standard InChI is InChI=1S/C9H15NO2S/c1-9(6-12-8(11)10-9)7-2-4-13-5-3-7/h7H,2-6H2,1H3,(H,10,11). The van der Waals surface area contributed by atoms with Gasteiger partial charge in [0, 0.05) is 0 Å². The van der Waals surface area contributed by atoms with Crippen LogP contribution in [0.3, 0.4) is 0 Å². The molecule has 2 fully saturated rings. The van der Waals surface area contributed by atoms with E-state index in [4.69, 9.17) is 4.74 Å². The predicted octanol–water partition coefficient (Wildman–Crippen LogP) is 1.63. The Hall–Kier alpha value is -0.380. The molecule has 1 atom stereocenters. The third-order valence-corrected chi connectivity index (χ3v) is 4.06. The first kappa shape index (κ1) is 9.19. The summed E-state index contributed by atoms with van der Waals surface area (Å²) in [7, 11) is 0. The summed E-state index contributed by atoms with van der Waals surface area (Å²) in [4.78, 5) is 11.0. The van der Waals surface area contributed by atoms with Gasteiger partial charge in [0.25, 0.3) is 0 Å². The highest BCUT2D eigenvalue weighted by Gasteiger charge is 2.42. The van der Waals surface area contributed by atoms with E-state index >= 15 is 0 Å². The number of ether oxygens (including phenoxy) is 1. The van der Waals surface area contributed by atoms with Crippen molar-refractivity contribution in [2.45, 2.75) is 25.3 Å². The molecular formula is C9H15NO2S. The topological polar surface area (TPSA) is 38.3 Å². The van der Waals surface area contributed by atoms with Gasteiger partial charge in [-0.15, -0.1) is 0 Å². The number of carbonyl (C=O) groups is 1. The van der Waals surface area contributed by atoms with Gasteiger partial charge >= 0.3 is 6.09 Å². The zero-order valence-corrected chi connectivity index (χ0v) is 8.65. The van der Waals surface area contributed by atoms with E-state index in [-0.39, 0.29) is 11.6 Å². The molecule has 13 heavy (non-hydrogen) atoms. The molecule has 2 heterocycles. The number of hydrogen-bond acceptors (Lipinski definition) is 3. The molecule has 2 saturated heterocycles. The first-order valence-electron chi connectivity index (χ1n) is 4.73. The number of carbonyl (C=O) groups excluding carboxylic acids is 1. The van der Waals surface area contributed by atoms with Crippen molar-refractivity contribution in [3.63, 3.8) is 0 Å². The fraction of sp³-hybridized carbons (Fsp3) is 0.889. The summed E-state index contributed by atoms with van der Waals surface area (Å²) >= 11 is 2.00. The van der Waals surface area contributed by atoms with Gasteiger partial charge in [-0.3, -0.25) is 0 Å². The maximum Gasteiger partial charge on any atom is 0.407 e. The molecule has 1 amide bonds. The van der Waals surface area contributed by atoms with E-state index in [0.717, 1.165) is 0 Å². The highest BCUT2D eigenvalue weighted by Crippen LogP contribution is 2.33. The molecular weight excluding hydrogens is 186 g/mol. The van der Waals surface area contributed by atoms with E-state index in [1.165, 1.54) is 24.3 Å². The average molecular weight is 201 g/mol. The Balaban J connectivity index is 2.01. The Kier molecular flexibility index (Phi) is 2.41. The molecule has 0 radical (unpaired) electrons. The number of cyclic esters (lactones) is 1. The van der Waals surface area contributed by atoms with Crippen LogP contribution in [0.4, 0.5) is 4.79 Å². The fourth-order valence-electron chi connectivity index (χ4n) is 2.08. The zero-order chi connectivity index (χ0) is 9.31. The van der Waals surface area contributed by atoms with Crippen LogP contribution in [0.5, 0.6) is 0 Å². The van der Waals surface area contributed by atoms with Gasteiger partial charge < -0.3 is 10.1 Å². The van der Waals surface area contributed by atoms with Crippen molar-refractivity contribution in [2.24, 2.45) is 5.92 Å². The molecule has 0 spiro atoms. The summed E-state index contributed by atoms with van der Waals surface area (Å²) < 4.78 is 4.96. The van der Waals surface area contributed by atoms with Gasteiger partial charge in [0.15, 0.2) is 0 Å². The van der Waals surface area contributed by atoms with Crippen molar-refractivity contribution < 1.29 is 9.53 Å². The third-order valence-electron chi connectivity index (χ3n) is 3.01. The SMILES string of the molecule is CC1(C2CCSCC2)COC(=O)N1. The number of hydrogen-bond donors (Lipinski definition) is 1. The van der Waals surface area contributed by atoms with Crippen LogP contribution in [-0.2, 0) is 4.74 Å². The van der Waals surface area contributed by atoms with Crippen LogP contribution in [0.25, 0.3) is 0 Å². The summed E-state index contributed by atoms with van der Waals surface area (Å²) in [5, 5.41) is 2.93. The van der Waals surface area contributed by atoms with Crippen LogP contribution in [0.2, 0.25) is 0 Å². The van der Waals surface area contributed by atoms with Gasteiger partial charge in [-0.2, -0.15) is 11.8 Å². The Morgan fingerprint density at radius 1 is 1.54 bits per heavy atom. The second-order valence-corrected chi connectivity index (χ2v) is 5.23. The minimum Gasteiger partial charge on any atom is -0.447 e. The quantitative estimate of drug-likeness (QED) is 0.700. The van der Waals surface area contributed by atoms with Crippen LogP contribution >= 0.6 is 11.8 Å². The second kappa shape index (κ2) is 3.40. The van der Waals surface area contributed by atoms with Gasteiger partial charge in [0.2, 0.25) is 0 Å². The van der Waals surface area contributed by atoms with Crippen molar-refractivity contribution >= 4 is 17.9 Å². The molecule has 2 rings (SSSR count). The number of amides is 1. The van der Waals surface area contributed by atoms with Gasteiger partial charge in [0.1, 0.15) is 6.61 Å². The molecule has 0 saturated carbocycles. The lowest BCUT2D eigenvalue weighted by Gasteiger charge is -2.34. The number of rotatable bonds is 1. The summed E-state index contributed by atoms with van der Waals surface area (Å²) in [5.74, 6) is 3.03. The van der Waals surface area contributed by atoms with Gasteiger partial charge in [-0.1, -0.05) is 0 Å². The molecule has 4 heteroatoms. The maximum atomic E-state index is 11.0. The van der Waals surface area contributed by atoms with E-state index in [0.29, 0.717) is 12.5 Å². The Morgan fingerprint density at radius 2 is 2.23 bits per heavy atom. The summed E-state index contributed by atoms with van der Waals surface area (Å²) in [5.41, 5.74) is -0.0991. The highest BCUT2D eigenvalue weighted by atomic mass is 32.2. The molecule has 0 aromatic rings. The largest absolute Gasteiger partial charge is 0.447 e. The summed E-state index contributed by atoms with van der Waals surface area (Å²) in [6, 6.07) is 0. The summed E-state index contributed by atoms with van der Waals surface area (Å²) in [6.07, 6.45) is 2.15. The fourth-order valence-corrected chi connectivity index (χ4v) is 3.18. The van der Waals surface area contributed by atoms with Crippen molar-refractivity contribution in [3.05, 3.63) is 0 Å². The smallest absolute Gasteiger partial charge is 0.407 e. The molecule has 1 N–H and O–H groups in total. The zero-order valence-electron chi connectivity index (χ0n) is 7.84. The predicted molar refractivity (Wildman–Crippen MR) is 52.9 cm³/mol. The van der Waals surface area contributed by atoms with Crippen LogP contribution in [-0.4, -0.2) is 29.7 Å². The van der Waals surface area contributed by atoms with Crippen molar-refractivity contribution in [1.82, 2.24) is 5.32 Å². The first-order chi connectivity index (χ1) is 6.21. The molecule has 74 valence electrons. The van der Waals surface area contributed by atoms with Gasteiger partial charge in [-0.05, 0) is 37.2 Å². The van der Waals surface area contributed by atoms with Crippen LogP contribution in [0, 0.1) is 5.92 Å². The third kappa shape index (κ3) is 1.77. The first-order valence-corrected chi connectivity index (χ1v) is 5.89. The van der Waals surface area contributed by atoms with Gasteiger partial charge in [0.05, 0.1) is 5.54 Å². The molecule has 2 aliphatic heterocycles. The van der Waals surface area contributed by atoms with E-state index in [1.807, 2.05) is 11.8 Å². The molecule has 0 bridgehead atoms. The number of nitrogens with one attached hydrogen (secondary N) is 1. The maximum absolute atomic E-state index is 11.0. The normalized spacial score (nSPS) is 35.6. The van der Waals surface area contributed by atoms with Crippen LogP contribution in [0.15, 0.2) is 0 Å². The van der Waals surface area contributed by atoms with Crippen molar-refractivity contribution in [2.75, 3.05) is 18.1 Å². The molecule has 2 aliphatic rings. The van der Waals surface area contributed by atoms with E-state index < -0.39 is 0 Å². The molecule has 0 aliphatic carbocycles. The molecule has 0 aromatic heterocycles.